The predicted molar refractivity (Wildman–Crippen MR) is 72.2 cm³/mol. The summed E-state index contributed by atoms with van der Waals surface area (Å²) in [6.07, 6.45) is 0.890. The minimum atomic E-state index is -0.240. The van der Waals surface area contributed by atoms with E-state index in [0.717, 1.165) is 12.0 Å². The van der Waals surface area contributed by atoms with Crippen molar-refractivity contribution >= 4 is 0 Å². The van der Waals surface area contributed by atoms with Crippen molar-refractivity contribution in [1.82, 2.24) is 4.90 Å². The number of ether oxygens (including phenoxy) is 1. The average molecular weight is 254 g/mol. The second-order valence-electron chi connectivity index (χ2n) is 5.16. The number of methoxy groups -OCH3 is 1. The van der Waals surface area contributed by atoms with Gasteiger partial charge in [-0.2, -0.15) is 0 Å². The van der Waals surface area contributed by atoms with Crippen molar-refractivity contribution in [2.24, 2.45) is 5.73 Å². The van der Waals surface area contributed by atoms with Gasteiger partial charge >= 0.3 is 0 Å². The third-order valence-electron chi connectivity index (χ3n) is 3.44. The van der Waals surface area contributed by atoms with E-state index in [-0.39, 0.29) is 11.4 Å². The summed E-state index contributed by atoms with van der Waals surface area (Å²) in [5.41, 5.74) is 6.44. The van der Waals surface area contributed by atoms with E-state index in [4.69, 9.17) is 10.5 Å². The number of rotatable bonds is 6. The van der Waals surface area contributed by atoms with E-state index in [2.05, 4.69) is 18.7 Å². The van der Waals surface area contributed by atoms with Gasteiger partial charge in [0.15, 0.2) is 0 Å². The van der Waals surface area contributed by atoms with Crippen LogP contribution in [0.1, 0.15) is 25.8 Å². The Kier molecular flexibility index (Phi) is 5.11. The molecular weight excluding hydrogens is 231 g/mol. The number of benzene rings is 1. The van der Waals surface area contributed by atoms with Crippen molar-refractivity contribution in [1.29, 1.82) is 0 Å². The molecule has 1 aromatic carbocycles. The van der Waals surface area contributed by atoms with Gasteiger partial charge in [-0.05, 0) is 52.1 Å². The summed E-state index contributed by atoms with van der Waals surface area (Å²) in [5.74, 6) is 0.475. The molecule has 0 saturated heterocycles. The fourth-order valence-electron chi connectivity index (χ4n) is 1.88. The molecule has 0 saturated carbocycles. The number of halogens is 1. The molecule has 0 aromatic heterocycles. The number of hydrogen-bond acceptors (Lipinski definition) is 3. The van der Waals surface area contributed by atoms with Crippen LogP contribution >= 0.6 is 0 Å². The first-order valence-corrected chi connectivity index (χ1v) is 6.14. The molecule has 1 rings (SSSR count). The molecule has 102 valence electrons. The topological polar surface area (TPSA) is 38.5 Å². The van der Waals surface area contributed by atoms with E-state index in [1.807, 2.05) is 7.05 Å². The van der Waals surface area contributed by atoms with Crippen molar-refractivity contribution < 1.29 is 9.13 Å². The lowest BCUT2D eigenvalue weighted by Crippen LogP contribution is -2.42. The third kappa shape index (κ3) is 3.68. The van der Waals surface area contributed by atoms with Gasteiger partial charge in [0.25, 0.3) is 0 Å². The molecule has 4 heteroatoms. The normalized spacial score (nSPS) is 11.9. The minimum absolute atomic E-state index is 0.0217. The average Bonchev–Trinajstić information content (AvgIpc) is 2.29. The Morgan fingerprint density at radius 1 is 1.39 bits per heavy atom. The van der Waals surface area contributed by atoms with Crippen LogP contribution < -0.4 is 10.5 Å². The molecule has 0 bridgehead atoms. The molecule has 2 N–H and O–H groups in total. The molecule has 0 spiro atoms. The highest BCUT2D eigenvalue weighted by molar-refractivity contribution is 5.33. The highest BCUT2D eigenvalue weighted by Gasteiger charge is 2.23. The zero-order chi connectivity index (χ0) is 13.8. The number of nitrogens with zero attached hydrogens (tertiary/aromatic N) is 1. The molecule has 0 radical (unpaired) electrons. The Bertz CT molecular complexity index is 393. The zero-order valence-corrected chi connectivity index (χ0v) is 11.7. The van der Waals surface area contributed by atoms with Crippen molar-refractivity contribution in [3.8, 4) is 5.75 Å². The Balaban J connectivity index is 2.86. The van der Waals surface area contributed by atoms with E-state index >= 15 is 0 Å². The second-order valence-corrected chi connectivity index (χ2v) is 5.16. The first kappa shape index (κ1) is 14.9. The molecule has 0 atom stereocenters. The first-order valence-electron chi connectivity index (χ1n) is 6.14. The zero-order valence-electron chi connectivity index (χ0n) is 11.7. The van der Waals surface area contributed by atoms with Gasteiger partial charge in [0, 0.05) is 17.6 Å². The predicted octanol–water partition coefficient (Wildman–Crippen LogP) is 2.39. The van der Waals surface area contributed by atoms with Gasteiger partial charge in [0.05, 0.1) is 7.11 Å². The number of nitrogens with two attached hydrogens (primary N) is 1. The molecule has 0 aliphatic rings. The summed E-state index contributed by atoms with van der Waals surface area (Å²) in [6, 6.07) is 4.59. The van der Waals surface area contributed by atoms with Crippen LogP contribution in [0, 0.1) is 5.82 Å². The van der Waals surface area contributed by atoms with Crippen LogP contribution in [0.5, 0.6) is 5.75 Å². The van der Waals surface area contributed by atoms with Crippen LogP contribution in [0.2, 0.25) is 0 Å². The van der Waals surface area contributed by atoms with Crippen molar-refractivity contribution in [2.75, 3.05) is 20.7 Å². The van der Waals surface area contributed by atoms with Crippen molar-refractivity contribution in [2.45, 2.75) is 32.4 Å². The molecule has 0 fully saturated rings. The van der Waals surface area contributed by atoms with Crippen LogP contribution in [0.25, 0.3) is 0 Å². The maximum atomic E-state index is 13.3. The Morgan fingerprint density at radius 2 is 2.06 bits per heavy atom. The van der Waals surface area contributed by atoms with Crippen molar-refractivity contribution in [3.63, 3.8) is 0 Å². The maximum absolute atomic E-state index is 13.3. The summed E-state index contributed by atoms with van der Waals surface area (Å²) in [7, 11) is 3.61. The smallest absolute Gasteiger partial charge is 0.123 e. The van der Waals surface area contributed by atoms with Crippen LogP contribution in [0.4, 0.5) is 4.39 Å². The van der Waals surface area contributed by atoms with Crippen LogP contribution in [-0.2, 0) is 6.54 Å². The van der Waals surface area contributed by atoms with E-state index in [0.29, 0.717) is 18.8 Å². The molecule has 0 amide bonds. The van der Waals surface area contributed by atoms with Gasteiger partial charge in [-0.1, -0.05) is 0 Å². The highest BCUT2D eigenvalue weighted by Crippen LogP contribution is 2.25. The number of hydrogen-bond donors (Lipinski definition) is 1. The summed E-state index contributed by atoms with van der Waals surface area (Å²) in [4.78, 5) is 2.16. The minimum Gasteiger partial charge on any atom is -0.496 e. The van der Waals surface area contributed by atoms with Gasteiger partial charge in [-0.15, -0.1) is 0 Å². The maximum Gasteiger partial charge on any atom is 0.123 e. The summed E-state index contributed by atoms with van der Waals surface area (Å²) >= 11 is 0. The Morgan fingerprint density at radius 3 is 2.61 bits per heavy atom. The van der Waals surface area contributed by atoms with Gasteiger partial charge in [0.2, 0.25) is 0 Å². The monoisotopic (exact) mass is 254 g/mol. The third-order valence-corrected chi connectivity index (χ3v) is 3.44. The lowest BCUT2D eigenvalue weighted by molar-refractivity contribution is 0.138. The van der Waals surface area contributed by atoms with E-state index < -0.39 is 0 Å². The molecule has 3 nitrogen and oxygen atoms in total. The quantitative estimate of drug-likeness (QED) is 0.847. The summed E-state index contributed by atoms with van der Waals surface area (Å²) in [6.45, 7) is 5.53. The molecule has 0 heterocycles. The fourth-order valence-corrected chi connectivity index (χ4v) is 1.88. The largest absolute Gasteiger partial charge is 0.496 e. The molecule has 1 aromatic rings. The summed E-state index contributed by atoms with van der Waals surface area (Å²) < 4.78 is 18.5. The van der Waals surface area contributed by atoms with Gasteiger partial charge < -0.3 is 10.5 Å². The molecular formula is C14H23FN2O. The first-order chi connectivity index (χ1) is 8.40. The second kappa shape index (κ2) is 6.16. The van der Waals surface area contributed by atoms with Crippen molar-refractivity contribution in [3.05, 3.63) is 29.6 Å². The van der Waals surface area contributed by atoms with Gasteiger partial charge in [0.1, 0.15) is 11.6 Å². The van der Waals surface area contributed by atoms with Gasteiger partial charge in [-0.3, -0.25) is 4.90 Å². The highest BCUT2D eigenvalue weighted by atomic mass is 19.1. The van der Waals surface area contributed by atoms with E-state index in [1.165, 1.54) is 12.1 Å². The lowest BCUT2D eigenvalue weighted by atomic mass is 9.98. The fraction of sp³-hybridized carbons (Fsp3) is 0.571. The summed E-state index contributed by atoms with van der Waals surface area (Å²) in [5, 5.41) is 0. The van der Waals surface area contributed by atoms with Gasteiger partial charge in [-0.25, -0.2) is 4.39 Å². The van der Waals surface area contributed by atoms with E-state index in [1.54, 1.807) is 13.2 Å². The lowest BCUT2D eigenvalue weighted by Gasteiger charge is -2.35. The van der Waals surface area contributed by atoms with E-state index in [9.17, 15) is 4.39 Å². The van der Waals surface area contributed by atoms with Crippen LogP contribution in [0.3, 0.4) is 0 Å². The Labute approximate surface area is 109 Å². The molecule has 0 aliphatic heterocycles. The Hall–Kier alpha value is -1.13. The molecule has 0 aliphatic carbocycles. The SMILES string of the molecule is COc1ccc(F)cc1CN(C)C(C)(C)CCN. The standard InChI is InChI=1S/C14H23FN2O/c1-14(2,7-8-16)17(3)10-11-9-12(15)5-6-13(11)18-4/h5-6,9H,7-8,10,16H2,1-4H3. The molecule has 18 heavy (non-hydrogen) atoms. The molecule has 0 unspecified atom stereocenters. The van der Waals surface area contributed by atoms with Crippen LogP contribution in [-0.4, -0.2) is 31.1 Å². The van der Waals surface area contributed by atoms with Crippen LogP contribution in [0.15, 0.2) is 18.2 Å².